The molecule has 0 spiro atoms. The van der Waals surface area contributed by atoms with Crippen LogP contribution in [0.3, 0.4) is 0 Å². The number of hydrogen-bond acceptors (Lipinski definition) is 2. The van der Waals surface area contributed by atoms with Gasteiger partial charge < -0.3 is 10.1 Å². The Morgan fingerprint density at radius 2 is 1.93 bits per heavy atom. The van der Waals surface area contributed by atoms with E-state index in [1.807, 2.05) is 6.20 Å². The van der Waals surface area contributed by atoms with Crippen LogP contribution in [-0.2, 0) is 6.54 Å². The summed E-state index contributed by atoms with van der Waals surface area (Å²) in [7, 11) is 0. The summed E-state index contributed by atoms with van der Waals surface area (Å²) in [6.07, 6.45) is 0.421. The van der Waals surface area contributed by atoms with Gasteiger partial charge in [0.15, 0.2) is 0 Å². The fourth-order valence-corrected chi connectivity index (χ4v) is 4.71. The van der Waals surface area contributed by atoms with Gasteiger partial charge in [0.2, 0.25) is 6.43 Å². The molecule has 1 fully saturated rings. The molecule has 1 aliphatic heterocycles. The van der Waals surface area contributed by atoms with E-state index in [0.29, 0.717) is 25.9 Å². The van der Waals surface area contributed by atoms with Crippen molar-refractivity contribution in [3.63, 3.8) is 0 Å². The third-order valence-corrected chi connectivity index (χ3v) is 6.39. The van der Waals surface area contributed by atoms with Crippen LogP contribution in [0.5, 0.6) is 0 Å². The zero-order valence-electron chi connectivity index (χ0n) is 17.2. The number of halogens is 2. The van der Waals surface area contributed by atoms with Crippen LogP contribution in [0.1, 0.15) is 51.5 Å². The lowest BCUT2D eigenvalue weighted by atomic mass is 9.86. The molecular weight excluding hydrogens is 386 g/mol. The number of carbonyl (C=O) groups is 1. The molecule has 2 heterocycles. The van der Waals surface area contributed by atoms with E-state index in [0.717, 1.165) is 11.1 Å². The maximum atomic E-state index is 13.5. The van der Waals surface area contributed by atoms with Crippen molar-refractivity contribution in [2.75, 3.05) is 6.54 Å². The quantitative estimate of drug-likeness (QED) is 0.565. The van der Waals surface area contributed by atoms with Crippen molar-refractivity contribution in [1.82, 2.24) is 9.88 Å². The summed E-state index contributed by atoms with van der Waals surface area (Å²) in [6, 6.07) is 10.7. The molecule has 3 aromatic rings. The van der Waals surface area contributed by atoms with Crippen molar-refractivity contribution < 1.29 is 18.7 Å². The molecule has 2 atom stereocenters. The highest BCUT2D eigenvalue weighted by Gasteiger charge is 2.34. The van der Waals surface area contributed by atoms with Crippen molar-refractivity contribution in [1.29, 1.82) is 0 Å². The average molecular weight is 412 g/mol. The lowest BCUT2D eigenvalue weighted by molar-refractivity contribution is 0.00736. The number of aromatic amines is 1. The molecule has 1 aliphatic rings. The Balaban J connectivity index is 1.68. The first-order valence-electron chi connectivity index (χ1n) is 10.3. The Hall–Kier alpha value is -2.73. The number of fused-ring (bicyclic) bond motifs is 1. The number of hydrogen-bond donors (Lipinski definition) is 2. The van der Waals surface area contributed by atoms with E-state index < -0.39 is 18.3 Å². The van der Waals surface area contributed by atoms with Crippen molar-refractivity contribution >= 4 is 16.9 Å². The zero-order valence-corrected chi connectivity index (χ0v) is 17.2. The monoisotopic (exact) mass is 412 g/mol. The molecule has 0 aliphatic carbocycles. The van der Waals surface area contributed by atoms with Gasteiger partial charge >= 0.3 is 5.97 Å². The van der Waals surface area contributed by atoms with Gasteiger partial charge in [0.05, 0.1) is 5.56 Å². The fraction of sp³-hybridized carbons (Fsp3) is 0.375. The largest absolute Gasteiger partial charge is 0.478 e. The first kappa shape index (κ1) is 20.5. The molecule has 0 amide bonds. The number of nitrogens with zero attached hydrogens (tertiary/aromatic N) is 1. The van der Waals surface area contributed by atoms with E-state index in [2.05, 4.69) is 35.9 Å². The molecule has 0 radical (unpaired) electrons. The third kappa shape index (κ3) is 3.84. The van der Waals surface area contributed by atoms with E-state index in [4.69, 9.17) is 5.11 Å². The van der Waals surface area contributed by atoms with Crippen molar-refractivity contribution in [3.05, 3.63) is 70.4 Å². The molecule has 0 bridgehead atoms. The summed E-state index contributed by atoms with van der Waals surface area (Å²) in [5.74, 6) is -1.63. The number of H-pyrrole nitrogens is 1. The summed E-state index contributed by atoms with van der Waals surface area (Å²) in [5.41, 5.74) is 5.79. The minimum Gasteiger partial charge on any atom is -0.478 e. The molecule has 30 heavy (non-hydrogen) atoms. The van der Waals surface area contributed by atoms with Gasteiger partial charge in [-0.2, -0.15) is 0 Å². The maximum Gasteiger partial charge on any atom is 0.335 e. The van der Waals surface area contributed by atoms with E-state index in [1.165, 1.54) is 22.1 Å². The second-order valence-corrected chi connectivity index (χ2v) is 8.29. The number of benzene rings is 2. The van der Waals surface area contributed by atoms with Crippen LogP contribution in [-0.4, -0.2) is 33.9 Å². The Morgan fingerprint density at radius 3 is 2.60 bits per heavy atom. The molecule has 2 N–H and O–H groups in total. The van der Waals surface area contributed by atoms with Gasteiger partial charge in [-0.3, -0.25) is 4.90 Å². The molecule has 1 saturated heterocycles. The van der Waals surface area contributed by atoms with Crippen LogP contribution in [0.2, 0.25) is 0 Å². The molecule has 1 aromatic heterocycles. The number of aromatic nitrogens is 1. The molecule has 4 nitrogen and oxygen atoms in total. The van der Waals surface area contributed by atoms with Crippen LogP contribution in [0.4, 0.5) is 8.78 Å². The highest BCUT2D eigenvalue weighted by Crippen LogP contribution is 2.39. The summed E-state index contributed by atoms with van der Waals surface area (Å²) >= 11 is 0. The van der Waals surface area contributed by atoms with Crippen molar-refractivity contribution in [3.8, 4) is 0 Å². The first-order chi connectivity index (χ1) is 14.3. The Morgan fingerprint density at radius 1 is 1.20 bits per heavy atom. The zero-order chi connectivity index (χ0) is 21.4. The predicted octanol–water partition coefficient (Wildman–Crippen LogP) is 5.70. The Kier molecular flexibility index (Phi) is 5.60. The average Bonchev–Trinajstić information content (AvgIpc) is 3.21. The summed E-state index contributed by atoms with van der Waals surface area (Å²) < 4.78 is 27.0. The Labute approximate surface area is 174 Å². The number of aromatic carboxylic acids is 1. The van der Waals surface area contributed by atoms with Crippen LogP contribution in [0.25, 0.3) is 10.9 Å². The van der Waals surface area contributed by atoms with Crippen molar-refractivity contribution in [2.45, 2.75) is 45.7 Å². The number of carboxylic acid groups (broad SMARTS) is 1. The number of carboxylic acids is 1. The van der Waals surface area contributed by atoms with Crippen LogP contribution < -0.4 is 0 Å². The van der Waals surface area contributed by atoms with Gasteiger partial charge in [-0.1, -0.05) is 18.2 Å². The number of alkyl halides is 2. The first-order valence-corrected chi connectivity index (χ1v) is 10.3. The molecule has 6 heteroatoms. The standard InChI is InChI=1S/C24H26F2N2O2/c1-14-11-15(2)22-19(7-9-27-22)20(14)13-28-10-8-18(23(25)26)12-21(28)16-3-5-17(6-4-16)24(29)30/h3-7,9,11,18,21,23,27H,8,10,12-13H2,1-2H3,(H,29,30)/t18-,21-/m0/s1. The van der Waals surface area contributed by atoms with Gasteiger partial charge in [0, 0.05) is 35.6 Å². The third-order valence-electron chi connectivity index (χ3n) is 6.39. The minimum atomic E-state index is -2.34. The summed E-state index contributed by atoms with van der Waals surface area (Å²) in [4.78, 5) is 16.8. The molecule has 2 aromatic carbocycles. The second-order valence-electron chi connectivity index (χ2n) is 8.29. The van der Waals surface area contributed by atoms with E-state index in [1.54, 1.807) is 24.3 Å². The number of likely N-dealkylation sites (tertiary alicyclic amines) is 1. The number of rotatable bonds is 5. The minimum absolute atomic E-state index is 0.171. The lowest BCUT2D eigenvalue weighted by Gasteiger charge is -2.40. The number of nitrogens with one attached hydrogen (secondary N) is 1. The van der Waals surface area contributed by atoms with Gasteiger partial charge in [-0.15, -0.1) is 0 Å². The van der Waals surface area contributed by atoms with Crippen LogP contribution >= 0.6 is 0 Å². The van der Waals surface area contributed by atoms with Crippen LogP contribution in [0.15, 0.2) is 42.6 Å². The number of piperidine rings is 1. The topological polar surface area (TPSA) is 56.3 Å². The smallest absolute Gasteiger partial charge is 0.335 e. The predicted molar refractivity (Wildman–Crippen MR) is 113 cm³/mol. The van der Waals surface area contributed by atoms with Gasteiger partial charge in [-0.05, 0) is 73.7 Å². The highest BCUT2D eigenvalue weighted by atomic mass is 19.3. The molecule has 158 valence electrons. The molecule has 4 rings (SSSR count). The van der Waals surface area contributed by atoms with Crippen LogP contribution in [0, 0.1) is 19.8 Å². The fourth-order valence-electron chi connectivity index (χ4n) is 4.71. The normalized spacial score (nSPS) is 20.2. The summed E-state index contributed by atoms with van der Waals surface area (Å²) in [5, 5.41) is 10.3. The van der Waals surface area contributed by atoms with E-state index >= 15 is 0 Å². The Bertz CT molecular complexity index is 1060. The summed E-state index contributed by atoms with van der Waals surface area (Å²) in [6.45, 7) is 5.43. The van der Waals surface area contributed by atoms with Gasteiger partial charge in [0.25, 0.3) is 0 Å². The van der Waals surface area contributed by atoms with Gasteiger partial charge in [0.1, 0.15) is 0 Å². The lowest BCUT2D eigenvalue weighted by Crippen LogP contribution is -2.38. The molecular formula is C24H26F2N2O2. The second kappa shape index (κ2) is 8.19. The van der Waals surface area contributed by atoms with E-state index in [-0.39, 0.29) is 11.6 Å². The number of aryl methyl sites for hydroxylation is 2. The van der Waals surface area contributed by atoms with Crippen molar-refractivity contribution in [2.24, 2.45) is 5.92 Å². The highest BCUT2D eigenvalue weighted by molar-refractivity contribution is 5.88. The SMILES string of the molecule is Cc1cc(C)c2[nH]ccc2c1CN1CC[C@H](C(F)F)C[C@H]1c1ccc(C(=O)O)cc1. The van der Waals surface area contributed by atoms with Gasteiger partial charge in [-0.25, -0.2) is 13.6 Å². The molecule has 0 saturated carbocycles. The molecule has 0 unspecified atom stereocenters. The maximum absolute atomic E-state index is 13.5. The van der Waals surface area contributed by atoms with E-state index in [9.17, 15) is 13.6 Å².